The third kappa shape index (κ3) is 4.86. The first kappa shape index (κ1) is 23.9. The van der Waals surface area contributed by atoms with Crippen LogP contribution in [0.15, 0.2) is 6.07 Å². The van der Waals surface area contributed by atoms with E-state index in [0.717, 1.165) is 66.5 Å². The molecule has 1 amide bonds. The molecule has 2 fully saturated rings. The molecule has 162 valence electrons. The van der Waals surface area contributed by atoms with Crippen molar-refractivity contribution in [1.29, 1.82) is 0 Å². The van der Waals surface area contributed by atoms with Gasteiger partial charge in [-0.2, -0.15) is 5.10 Å². The quantitative estimate of drug-likeness (QED) is 0.746. The second-order valence-corrected chi connectivity index (χ2v) is 9.32. The predicted octanol–water partition coefficient (Wildman–Crippen LogP) is 4.22. The molecule has 0 unspecified atom stereocenters. The summed E-state index contributed by atoms with van der Waals surface area (Å²) in [4.78, 5) is 18.1. The van der Waals surface area contributed by atoms with Gasteiger partial charge in [-0.15, -0.1) is 24.8 Å². The largest absolute Gasteiger partial charge is 0.349 e. The summed E-state index contributed by atoms with van der Waals surface area (Å²) in [6.45, 7) is 8.33. The van der Waals surface area contributed by atoms with Gasteiger partial charge in [0.15, 0.2) is 5.65 Å². The van der Waals surface area contributed by atoms with E-state index in [1.807, 2.05) is 17.7 Å². The molecule has 4 rings (SSSR count). The van der Waals surface area contributed by atoms with Crippen LogP contribution in [-0.2, 0) is 5.54 Å². The second-order valence-electron chi connectivity index (χ2n) is 9.32. The lowest BCUT2D eigenvalue weighted by Crippen LogP contribution is -2.40. The molecule has 0 aliphatic heterocycles. The van der Waals surface area contributed by atoms with Crippen LogP contribution in [0.4, 0.5) is 0 Å². The molecule has 3 N–H and O–H groups in total. The lowest BCUT2D eigenvalue weighted by Gasteiger charge is -2.27. The van der Waals surface area contributed by atoms with E-state index in [0.29, 0.717) is 5.92 Å². The molecule has 0 bridgehead atoms. The Kier molecular flexibility index (Phi) is 7.24. The maximum Gasteiger partial charge on any atom is 0.252 e. The fraction of sp³-hybridized carbons (Fsp3) is 0.667. The maximum absolute atomic E-state index is 13.2. The molecule has 0 atom stereocenters. The van der Waals surface area contributed by atoms with E-state index in [2.05, 4.69) is 26.1 Å². The highest BCUT2D eigenvalue weighted by Gasteiger charge is 2.31. The Morgan fingerprint density at radius 3 is 2.31 bits per heavy atom. The normalized spacial score (nSPS) is 22.0. The molecule has 2 saturated carbocycles. The zero-order valence-electron chi connectivity index (χ0n) is 17.7. The molecule has 6 nitrogen and oxygen atoms in total. The van der Waals surface area contributed by atoms with E-state index in [1.165, 1.54) is 0 Å². The minimum atomic E-state index is -0.186. The van der Waals surface area contributed by atoms with Crippen molar-refractivity contribution in [3.8, 4) is 0 Å². The number of aromatic nitrogens is 3. The number of nitrogens with zero attached hydrogens (tertiary/aromatic N) is 3. The summed E-state index contributed by atoms with van der Waals surface area (Å²) in [5.74, 6) is 0.485. The highest BCUT2D eigenvalue weighted by molar-refractivity contribution is 6.06. The van der Waals surface area contributed by atoms with Crippen LogP contribution < -0.4 is 11.1 Å². The smallest absolute Gasteiger partial charge is 0.252 e. The summed E-state index contributed by atoms with van der Waals surface area (Å²) in [6.07, 6.45) is 6.18. The van der Waals surface area contributed by atoms with Gasteiger partial charge >= 0.3 is 0 Å². The van der Waals surface area contributed by atoms with Gasteiger partial charge in [-0.05, 0) is 72.3 Å². The standard InChI is InChI=1S/C21H31N5O.2ClH/c1-12-18-16(20(27)23-15-9-7-14(22)8-10-15)11-17(13-5-6-13)24-19(18)26(25-12)21(2,3)4;;/h11,13-15H,5-10,22H2,1-4H3,(H,23,27);2*1H. The number of nitrogens with two attached hydrogens (primary N) is 1. The minimum absolute atomic E-state index is 0. The van der Waals surface area contributed by atoms with Gasteiger partial charge in [0.25, 0.3) is 5.91 Å². The Bertz CT molecular complexity index is 877. The number of aryl methyl sites for hydroxylation is 1. The van der Waals surface area contributed by atoms with Crippen molar-refractivity contribution in [2.45, 2.75) is 89.8 Å². The zero-order chi connectivity index (χ0) is 19.3. The van der Waals surface area contributed by atoms with Crippen LogP contribution in [0, 0.1) is 6.92 Å². The zero-order valence-corrected chi connectivity index (χ0v) is 19.3. The van der Waals surface area contributed by atoms with Gasteiger partial charge in [-0.3, -0.25) is 4.79 Å². The number of carbonyl (C=O) groups excluding carboxylic acids is 1. The van der Waals surface area contributed by atoms with E-state index >= 15 is 0 Å². The van der Waals surface area contributed by atoms with E-state index in [-0.39, 0.29) is 48.3 Å². The number of hydrogen-bond acceptors (Lipinski definition) is 4. The average Bonchev–Trinajstić information content (AvgIpc) is 3.39. The van der Waals surface area contributed by atoms with Crippen LogP contribution in [0.2, 0.25) is 0 Å². The first-order valence-corrected chi connectivity index (χ1v) is 10.2. The van der Waals surface area contributed by atoms with Crippen molar-refractivity contribution in [3.05, 3.63) is 23.0 Å². The third-order valence-electron chi connectivity index (χ3n) is 5.82. The predicted molar refractivity (Wildman–Crippen MR) is 121 cm³/mol. The summed E-state index contributed by atoms with van der Waals surface area (Å²) in [6, 6.07) is 2.49. The molecule has 2 aromatic rings. The monoisotopic (exact) mass is 441 g/mol. The van der Waals surface area contributed by atoms with Crippen LogP contribution in [0.5, 0.6) is 0 Å². The van der Waals surface area contributed by atoms with Crippen LogP contribution in [0.1, 0.15) is 87.0 Å². The summed E-state index contributed by atoms with van der Waals surface area (Å²) in [5, 5.41) is 8.88. The maximum atomic E-state index is 13.2. The van der Waals surface area contributed by atoms with Crippen LogP contribution in [-0.4, -0.2) is 32.8 Å². The molecule has 0 radical (unpaired) electrons. The number of carbonyl (C=O) groups is 1. The molecular weight excluding hydrogens is 409 g/mol. The Balaban J connectivity index is 0.00000150. The SMILES string of the molecule is Cc1nn(C(C)(C)C)c2nc(C3CC3)cc(C(=O)NC3CCC(N)CC3)c12.Cl.Cl. The molecular formula is C21H33Cl2N5O. The van der Waals surface area contributed by atoms with Gasteiger partial charge in [0, 0.05) is 23.7 Å². The van der Waals surface area contributed by atoms with Crippen LogP contribution in [0.25, 0.3) is 11.0 Å². The molecule has 29 heavy (non-hydrogen) atoms. The fourth-order valence-corrected chi connectivity index (χ4v) is 4.07. The summed E-state index contributed by atoms with van der Waals surface area (Å²) < 4.78 is 1.97. The summed E-state index contributed by atoms with van der Waals surface area (Å²) in [7, 11) is 0. The van der Waals surface area contributed by atoms with Crippen molar-refractivity contribution in [2.24, 2.45) is 5.73 Å². The van der Waals surface area contributed by atoms with Crippen molar-refractivity contribution >= 4 is 41.8 Å². The molecule has 2 aliphatic rings. The Labute approximate surface area is 185 Å². The van der Waals surface area contributed by atoms with Gasteiger partial charge in [0.1, 0.15) is 0 Å². The Hall–Kier alpha value is -1.37. The molecule has 2 aromatic heterocycles. The summed E-state index contributed by atoms with van der Waals surface area (Å²) in [5.41, 5.74) is 9.28. The lowest BCUT2D eigenvalue weighted by molar-refractivity contribution is 0.0927. The molecule has 2 heterocycles. The first-order valence-electron chi connectivity index (χ1n) is 10.2. The minimum Gasteiger partial charge on any atom is -0.349 e. The number of pyridine rings is 1. The molecule has 2 aliphatic carbocycles. The molecule has 0 saturated heterocycles. The number of nitrogens with one attached hydrogen (secondary N) is 1. The Morgan fingerprint density at radius 2 is 1.76 bits per heavy atom. The van der Waals surface area contributed by atoms with Gasteiger partial charge in [0.05, 0.1) is 22.2 Å². The Morgan fingerprint density at radius 1 is 1.14 bits per heavy atom. The first-order chi connectivity index (χ1) is 12.7. The average molecular weight is 442 g/mol. The molecule has 8 heteroatoms. The number of halogens is 2. The van der Waals surface area contributed by atoms with Gasteiger partial charge < -0.3 is 11.1 Å². The second kappa shape index (κ2) is 8.78. The number of amides is 1. The third-order valence-corrected chi connectivity index (χ3v) is 5.82. The molecule has 0 spiro atoms. The van der Waals surface area contributed by atoms with E-state index in [4.69, 9.17) is 15.8 Å². The van der Waals surface area contributed by atoms with Crippen molar-refractivity contribution in [1.82, 2.24) is 20.1 Å². The van der Waals surface area contributed by atoms with Crippen molar-refractivity contribution in [2.75, 3.05) is 0 Å². The van der Waals surface area contributed by atoms with Crippen LogP contribution >= 0.6 is 24.8 Å². The molecule has 0 aromatic carbocycles. The van der Waals surface area contributed by atoms with E-state index in [9.17, 15) is 4.79 Å². The van der Waals surface area contributed by atoms with Gasteiger partial charge in [-0.25, -0.2) is 9.67 Å². The fourth-order valence-electron chi connectivity index (χ4n) is 4.07. The lowest BCUT2D eigenvalue weighted by atomic mass is 9.91. The topological polar surface area (TPSA) is 85.8 Å². The van der Waals surface area contributed by atoms with E-state index < -0.39 is 0 Å². The number of fused-ring (bicyclic) bond motifs is 1. The van der Waals surface area contributed by atoms with Gasteiger partial charge in [0.2, 0.25) is 0 Å². The van der Waals surface area contributed by atoms with Crippen molar-refractivity contribution < 1.29 is 4.79 Å². The highest BCUT2D eigenvalue weighted by Crippen LogP contribution is 2.41. The number of rotatable bonds is 3. The number of hydrogen-bond donors (Lipinski definition) is 2. The van der Waals surface area contributed by atoms with Crippen LogP contribution in [0.3, 0.4) is 0 Å². The van der Waals surface area contributed by atoms with Gasteiger partial charge in [-0.1, -0.05) is 0 Å². The highest BCUT2D eigenvalue weighted by atomic mass is 35.5. The van der Waals surface area contributed by atoms with Crippen molar-refractivity contribution in [3.63, 3.8) is 0 Å². The van der Waals surface area contributed by atoms with E-state index in [1.54, 1.807) is 0 Å². The summed E-state index contributed by atoms with van der Waals surface area (Å²) >= 11 is 0.